The van der Waals surface area contributed by atoms with Crippen LogP contribution >= 0.6 is 11.3 Å². The third kappa shape index (κ3) is 1.56. The highest BCUT2D eigenvalue weighted by Gasteiger charge is 2.50. The van der Waals surface area contributed by atoms with Crippen molar-refractivity contribution in [1.82, 2.24) is 24.9 Å². The first-order chi connectivity index (χ1) is 10.6. The summed E-state index contributed by atoms with van der Waals surface area (Å²) in [5.74, 6) is 6.50. The van der Waals surface area contributed by atoms with Crippen LogP contribution < -0.4 is 5.84 Å². The first kappa shape index (κ1) is 13.2. The Morgan fingerprint density at radius 1 is 1.50 bits per heavy atom. The van der Waals surface area contributed by atoms with Crippen LogP contribution in [0.15, 0.2) is 27.3 Å². The van der Waals surface area contributed by atoms with E-state index < -0.39 is 6.29 Å². The molecule has 1 fully saturated rings. The maximum Gasteiger partial charge on any atom is 0.341 e. The summed E-state index contributed by atoms with van der Waals surface area (Å²) in [4.78, 5) is 27.1. The monoisotopic (exact) mass is 317 g/mol. The lowest BCUT2D eigenvalue weighted by Crippen LogP contribution is -2.44. The van der Waals surface area contributed by atoms with Gasteiger partial charge in [-0.2, -0.15) is 0 Å². The van der Waals surface area contributed by atoms with Crippen molar-refractivity contribution in [2.24, 2.45) is 15.8 Å². The van der Waals surface area contributed by atoms with E-state index in [1.807, 2.05) is 5.38 Å². The van der Waals surface area contributed by atoms with Crippen molar-refractivity contribution in [3.8, 4) is 0 Å². The number of hydrazine groups is 2. The van der Waals surface area contributed by atoms with E-state index in [0.717, 1.165) is 5.01 Å². The standard InChI is InChI=1S/C12H13N8OS/c1-3-18-11-16-9-8(20(11)17(2)12(18)21)7(15-6-19(9)13)10-14-4-5-22-10/h4-6,11H,1,3,13H2,2H3. The van der Waals surface area contributed by atoms with Crippen molar-refractivity contribution in [3.63, 3.8) is 0 Å². The zero-order valence-corrected chi connectivity index (χ0v) is 12.6. The summed E-state index contributed by atoms with van der Waals surface area (Å²) in [6.45, 7) is 4.11. The minimum absolute atomic E-state index is 0.160. The van der Waals surface area contributed by atoms with E-state index in [-0.39, 0.29) is 6.03 Å². The normalized spacial score (nSPS) is 23.5. The van der Waals surface area contributed by atoms with Gasteiger partial charge in [0.2, 0.25) is 6.29 Å². The maximum atomic E-state index is 12.3. The molecule has 1 unspecified atom stereocenters. The second-order valence-corrected chi connectivity index (χ2v) is 5.72. The van der Waals surface area contributed by atoms with Crippen molar-refractivity contribution in [2.45, 2.75) is 6.29 Å². The molecule has 113 valence electrons. The van der Waals surface area contributed by atoms with Gasteiger partial charge in [0.25, 0.3) is 0 Å². The van der Waals surface area contributed by atoms with Crippen LogP contribution in [0.3, 0.4) is 0 Å². The van der Waals surface area contributed by atoms with Crippen molar-refractivity contribution in [2.75, 3.05) is 13.6 Å². The van der Waals surface area contributed by atoms with E-state index >= 15 is 0 Å². The molecule has 2 amide bonds. The second-order valence-electron chi connectivity index (χ2n) is 4.83. The molecule has 4 rings (SSSR count). The molecular weight excluding hydrogens is 304 g/mol. The molecule has 0 aliphatic carbocycles. The van der Waals surface area contributed by atoms with E-state index in [1.165, 1.54) is 27.7 Å². The quantitative estimate of drug-likeness (QED) is 0.783. The third-order valence-electron chi connectivity index (χ3n) is 3.68. The fourth-order valence-electron chi connectivity index (χ4n) is 2.67. The van der Waals surface area contributed by atoms with Crippen LogP contribution in [-0.4, -0.2) is 63.0 Å². The summed E-state index contributed by atoms with van der Waals surface area (Å²) in [6.07, 6.45) is 2.72. The number of urea groups is 1. The van der Waals surface area contributed by atoms with E-state index in [0.29, 0.717) is 23.8 Å². The molecule has 3 aliphatic rings. The highest BCUT2D eigenvalue weighted by Crippen LogP contribution is 2.38. The first-order valence-corrected chi connectivity index (χ1v) is 7.44. The molecule has 1 aromatic heterocycles. The lowest BCUT2D eigenvalue weighted by Gasteiger charge is -2.28. The Morgan fingerprint density at radius 3 is 3.00 bits per heavy atom. The third-order valence-corrected chi connectivity index (χ3v) is 4.46. The molecule has 1 radical (unpaired) electrons. The number of hydrogen-bond acceptors (Lipinski definition) is 8. The van der Waals surface area contributed by atoms with Gasteiger partial charge in [-0.25, -0.2) is 40.6 Å². The summed E-state index contributed by atoms with van der Waals surface area (Å²) >= 11 is 1.47. The van der Waals surface area contributed by atoms with Crippen LogP contribution in [0.2, 0.25) is 0 Å². The number of carbonyl (C=O) groups excluding carboxylic acids is 1. The predicted octanol–water partition coefficient (Wildman–Crippen LogP) is 0.143. The average Bonchev–Trinajstić information content (AvgIpc) is 3.19. The SMILES string of the molecule is [CH2]CN1C(=O)N(C)N2C3=C(c4nccs4)N=CN(N)C3=NC12. The van der Waals surface area contributed by atoms with Gasteiger partial charge in [-0.3, -0.25) is 4.90 Å². The van der Waals surface area contributed by atoms with E-state index in [2.05, 4.69) is 21.9 Å². The number of fused-ring (bicyclic) bond motifs is 3. The predicted molar refractivity (Wildman–Crippen MR) is 81.8 cm³/mol. The number of carbonyl (C=O) groups is 1. The topological polar surface area (TPSA) is 93.7 Å². The Hall–Kier alpha value is -2.46. The van der Waals surface area contributed by atoms with Gasteiger partial charge in [-0.05, 0) is 6.92 Å². The van der Waals surface area contributed by atoms with Gasteiger partial charge in [-0.15, -0.1) is 11.3 Å². The van der Waals surface area contributed by atoms with E-state index in [9.17, 15) is 4.79 Å². The molecule has 22 heavy (non-hydrogen) atoms. The maximum absolute atomic E-state index is 12.3. The first-order valence-electron chi connectivity index (χ1n) is 6.56. The fourth-order valence-corrected chi connectivity index (χ4v) is 3.31. The largest absolute Gasteiger partial charge is 0.341 e. The van der Waals surface area contributed by atoms with Gasteiger partial charge in [0.05, 0.1) is 0 Å². The summed E-state index contributed by atoms with van der Waals surface area (Å²) in [5.41, 5.74) is 1.33. The molecule has 0 saturated carbocycles. The Labute approximate surface area is 130 Å². The molecule has 0 spiro atoms. The summed E-state index contributed by atoms with van der Waals surface area (Å²) in [7, 11) is 1.69. The Morgan fingerprint density at radius 2 is 2.32 bits per heavy atom. The lowest BCUT2D eigenvalue weighted by molar-refractivity contribution is 0.0883. The number of amidine groups is 1. The summed E-state index contributed by atoms with van der Waals surface area (Å²) in [5, 5.41) is 7.25. The van der Waals surface area contributed by atoms with Gasteiger partial charge in [0, 0.05) is 25.2 Å². The minimum Gasteiger partial charge on any atom is -0.282 e. The van der Waals surface area contributed by atoms with E-state index in [1.54, 1.807) is 23.2 Å². The molecule has 9 nitrogen and oxygen atoms in total. The van der Waals surface area contributed by atoms with Crippen LogP contribution in [0, 0.1) is 6.92 Å². The smallest absolute Gasteiger partial charge is 0.282 e. The number of hydrogen-bond donors (Lipinski definition) is 1. The fraction of sp³-hybridized carbons (Fsp3) is 0.250. The minimum atomic E-state index is -0.484. The lowest BCUT2D eigenvalue weighted by atomic mass is 10.2. The number of thiazole rings is 1. The van der Waals surface area contributed by atoms with Crippen molar-refractivity contribution in [1.29, 1.82) is 0 Å². The van der Waals surface area contributed by atoms with Crippen molar-refractivity contribution >= 4 is 35.2 Å². The number of rotatable bonds is 2. The van der Waals surface area contributed by atoms with Crippen LogP contribution in [0.4, 0.5) is 4.79 Å². The molecule has 1 aromatic rings. The second kappa shape index (κ2) is 4.52. The highest BCUT2D eigenvalue weighted by molar-refractivity contribution is 7.10. The number of aliphatic imine (C=N–C) groups is 2. The van der Waals surface area contributed by atoms with Crippen LogP contribution in [-0.2, 0) is 0 Å². The molecule has 10 heteroatoms. The van der Waals surface area contributed by atoms with Crippen molar-refractivity contribution < 1.29 is 4.79 Å². The molecular formula is C12H13N8OS. The van der Waals surface area contributed by atoms with Crippen molar-refractivity contribution in [3.05, 3.63) is 29.2 Å². The molecule has 4 heterocycles. The van der Waals surface area contributed by atoms with Crippen LogP contribution in [0.25, 0.3) is 5.70 Å². The number of nitrogens with two attached hydrogens (primary N) is 1. The Balaban J connectivity index is 1.90. The van der Waals surface area contributed by atoms with Gasteiger partial charge >= 0.3 is 6.03 Å². The van der Waals surface area contributed by atoms with Crippen LogP contribution in [0.5, 0.6) is 0 Å². The van der Waals surface area contributed by atoms with Crippen LogP contribution in [0.1, 0.15) is 5.01 Å². The summed E-state index contributed by atoms with van der Waals surface area (Å²) in [6, 6.07) is -0.160. The van der Waals surface area contributed by atoms with E-state index in [4.69, 9.17) is 5.84 Å². The number of aromatic nitrogens is 1. The summed E-state index contributed by atoms with van der Waals surface area (Å²) < 4.78 is 0. The van der Waals surface area contributed by atoms with Gasteiger partial charge < -0.3 is 0 Å². The molecule has 1 atom stereocenters. The molecule has 1 saturated heterocycles. The molecule has 2 N–H and O–H groups in total. The zero-order chi connectivity index (χ0) is 15.4. The molecule has 0 bridgehead atoms. The number of nitrogens with zero attached hydrogens (tertiary/aromatic N) is 7. The Bertz CT molecular complexity index is 723. The highest BCUT2D eigenvalue weighted by atomic mass is 32.1. The van der Waals surface area contributed by atoms with Gasteiger partial charge in [0.15, 0.2) is 5.84 Å². The molecule has 0 aromatic carbocycles. The average molecular weight is 317 g/mol. The zero-order valence-electron chi connectivity index (χ0n) is 11.7. The number of amides is 2. The van der Waals surface area contributed by atoms with Gasteiger partial charge in [-0.1, -0.05) is 0 Å². The van der Waals surface area contributed by atoms with Gasteiger partial charge in [0.1, 0.15) is 22.7 Å². The Kier molecular flexibility index (Phi) is 2.71. The molecule has 3 aliphatic heterocycles.